The summed E-state index contributed by atoms with van der Waals surface area (Å²) >= 11 is 0. The van der Waals surface area contributed by atoms with Gasteiger partial charge in [0.05, 0.1) is 106 Å². The van der Waals surface area contributed by atoms with Gasteiger partial charge >= 0.3 is 89.5 Å². The number of rotatable bonds is 43. The molecule has 8 heterocycles. The van der Waals surface area contributed by atoms with Gasteiger partial charge in [-0.2, -0.15) is 0 Å². The Balaban J connectivity index is 1.16. The predicted octanol–water partition coefficient (Wildman–Crippen LogP) is 7.03. The fourth-order valence-electron chi connectivity index (χ4n) is 13.6. The second-order valence-electron chi connectivity index (χ2n) is 47.6. The molecule has 8 fully saturated rings. The minimum Gasteiger partial charge on any atom is -0.481 e. The first-order valence-electron chi connectivity index (χ1n) is 47.9. The number of hydrogen-bond acceptors (Lipinski definition) is 45. The van der Waals surface area contributed by atoms with E-state index in [2.05, 4.69) is 0 Å². The summed E-state index contributed by atoms with van der Waals surface area (Å²) in [4.78, 5) is 220. The molecule has 8 aliphatic rings. The molecule has 0 aromatic carbocycles. The van der Waals surface area contributed by atoms with Crippen molar-refractivity contribution in [3.8, 4) is 0 Å². The van der Waals surface area contributed by atoms with Gasteiger partial charge in [0.25, 0.3) is 0 Å². The zero-order valence-corrected chi connectivity index (χ0v) is 90.0. The van der Waals surface area contributed by atoms with E-state index < -0.39 is 310 Å². The lowest BCUT2D eigenvalue weighted by atomic mass is 9.88. The first-order chi connectivity index (χ1) is 66.0. The van der Waals surface area contributed by atoms with Crippen molar-refractivity contribution < 1.29 is 219 Å². The minimum atomic E-state index is -2.66. The molecule has 0 saturated carbocycles. The van der Waals surface area contributed by atoms with Crippen molar-refractivity contribution in [1.82, 2.24) is 0 Å². The zero-order chi connectivity index (χ0) is 110. The number of carbonyl (C=O) groups excluding carboxylic acids is 14. The van der Waals surface area contributed by atoms with Crippen molar-refractivity contribution in [2.75, 3.05) is 198 Å². The summed E-state index contributed by atoms with van der Waals surface area (Å²) in [6, 6.07) is 0. The Morgan fingerprint density at radius 3 is 0.338 bits per heavy atom. The SMILES string of the molecule is CC1(C)OCC(C)(C(=O)OCC(C)(COC(=O)C2(C)COC(C)(C)OC2)C(=O)OCC(C)(COC(=O)C(C)(COC(=O)C2(C)COC(C)(C)OC2)COC(=O)C2(C)COC(C)(C)OC2)C(=O)OCC(C)(COC(=O)C(C)(COC(=O)C(C)(COC(=O)C2(C)COC(C)(C)OC2)COC(=O)C2(C)COC(C)(C)OC2)COC(=O)C(C)(COC(=O)C2(C)COC(C)(C)OC2)COC(=O)C2(C)COC(C)(C)OC2)C(=O)O)CO1. The maximum atomic E-state index is 15.6. The highest BCUT2D eigenvalue weighted by Gasteiger charge is 2.58. The molecule has 0 aromatic rings. The largest absolute Gasteiger partial charge is 0.481 e. The van der Waals surface area contributed by atoms with Crippen LogP contribution in [0.15, 0.2) is 0 Å². The van der Waals surface area contributed by atoms with Crippen LogP contribution in [0.1, 0.15) is 215 Å². The van der Waals surface area contributed by atoms with Crippen molar-refractivity contribution >= 4 is 89.5 Å². The van der Waals surface area contributed by atoms with E-state index in [1.807, 2.05) is 0 Å². The third kappa shape index (κ3) is 31.3. The monoisotopic (exact) mass is 2080 g/mol. The van der Waals surface area contributed by atoms with Crippen LogP contribution in [0.4, 0.5) is 0 Å². The summed E-state index contributed by atoms with van der Waals surface area (Å²) in [7, 11) is 0. The van der Waals surface area contributed by atoms with E-state index in [0.29, 0.717) is 0 Å². The average Bonchev–Trinajstić information content (AvgIpc) is 0.782. The first kappa shape index (κ1) is 122. The lowest BCUT2D eigenvalue weighted by Gasteiger charge is -2.41. The fraction of sp³-hybridized carbons (Fsp3) is 0.848. The lowest BCUT2D eigenvalue weighted by Crippen LogP contribution is -2.52. The molecule has 8 saturated heterocycles. The molecule has 0 aromatic heterocycles. The molecule has 1 N–H and O–H groups in total. The van der Waals surface area contributed by atoms with Crippen LogP contribution in [0.3, 0.4) is 0 Å². The van der Waals surface area contributed by atoms with Gasteiger partial charge in [-0.15, -0.1) is 0 Å². The number of ether oxygens (including phenoxy) is 30. The second kappa shape index (κ2) is 44.5. The number of carboxylic acid groups (broad SMARTS) is 1. The number of aliphatic carboxylic acids is 1. The van der Waals surface area contributed by atoms with Gasteiger partial charge in [0, 0.05) is 0 Å². The Morgan fingerprint density at radius 2 is 0.248 bits per heavy atom. The van der Waals surface area contributed by atoms with Gasteiger partial charge in [-0.3, -0.25) is 71.9 Å². The zero-order valence-electron chi connectivity index (χ0n) is 90.0. The summed E-state index contributed by atoms with van der Waals surface area (Å²) in [5.41, 5.74) is -28.9. The number of hydrogen-bond donors (Lipinski definition) is 1. The standard InChI is InChI=1S/C99H154O46/c1-77(2)130-46-92(24,47-131-77)69(108)122-38-88(20,39-123-70(109)93(25)48-132-78(3,4)133-49-93)65(104)118-34-86(18,35-119-66(105)89(21,40-124-71(110)94(26)50-134-79(5,6)135-51-94)41-125-72(111)95(27)52-136-80(7,8)137-53-95)63(102)116-32-85(17,62(100)101)33-117-64(103)87(19,36-120-67(106)90(22,42-126-73(112)96(28)54-138-81(9,10)139-55-96)43-127-74(113)97(29)56-140-82(11,12)141-57-97)37-121-68(107)91(23,44-128-75(114)98(30)58-142-83(13,14)143-59-98)45-129-76(115)99(31)60-144-84(15,16)145-61-99/h32-61H2,1-31H3,(H,100,101). The molecule has 0 aliphatic carbocycles. The summed E-state index contributed by atoms with van der Waals surface area (Å²) in [6.45, 7) is 26.4. The van der Waals surface area contributed by atoms with E-state index in [9.17, 15) is 48.3 Å². The second-order valence-corrected chi connectivity index (χ2v) is 47.6. The van der Waals surface area contributed by atoms with E-state index in [0.717, 1.165) is 20.8 Å². The molecule has 0 atom stereocenters. The van der Waals surface area contributed by atoms with Gasteiger partial charge in [0.2, 0.25) is 0 Å². The van der Waals surface area contributed by atoms with E-state index in [1.54, 1.807) is 111 Å². The smallest absolute Gasteiger partial charge is 0.318 e. The molecule has 0 radical (unpaired) electrons. The van der Waals surface area contributed by atoms with Crippen LogP contribution in [0.2, 0.25) is 0 Å². The van der Waals surface area contributed by atoms with E-state index in [4.69, 9.17) is 142 Å². The van der Waals surface area contributed by atoms with Crippen molar-refractivity contribution in [2.45, 2.75) is 261 Å². The molecule has 8 rings (SSSR count). The molecule has 46 heteroatoms. The Hall–Kier alpha value is -8.59. The third-order valence-corrected chi connectivity index (χ3v) is 26.5. The van der Waals surface area contributed by atoms with Crippen LogP contribution < -0.4 is 0 Å². The summed E-state index contributed by atoms with van der Waals surface area (Å²) in [5, 5.41) is 11.4. The maximum Gasteiger partial charge on any atom is 0.318 e. The Kier molecular flexibility index (Phi) is 37.3. The number of carboxylic acids is 1. The highest BCUT2D eigenvalue weighted by Crippen LogP contribution is 2.44. The van der Waals surface area contributed by atoms with Crippen molar-refractivity contribution in [1.29, 1.82) is 0 Å². The van der Waals surface area contributed by atoms with Crippen molar-refractivity contribution in [3.63, 3.8) is 0 Å². The molecule has 0 unspecified atom stereocenters. The molecule has 8 aliphatic heterocycles. The topological polar surface area (TPSA) is 553 Å². The van der Waals surface area contributed by atoms with Gasteiger partial charge in [-0.1, -0.05) is 0 Å². The molecule has 145 heavy (non-hydrogen) atoms. The van der Waals surface area contributed by atoms with E-state index >= 15 is 28.8 Å². The molecule has 826 valence electrons. The van der Waals surface area contributed by atoms with Crippen LogP contribution in [0.5, 0.6) is 0 Å². The number of esters is 14. The lowest BCUT2D eigenvalue weighted by molar-refractivity contribution is -0.283. The summed E-state index contributed by atoms with van der Waals surface area (Å²) < 4.78 is 175. The highest BCUT2D eigenvalue weighted by atomic mass is 16.8. The Morgan fingerprint density at radius 1 is 0.166 bits per heavy atom. The molecular weight excluding hydrogens is 1930 g/mol. The molecular formula is C99H154O46. The molecule has 0 bridgehead atoms. The molecule has 46 nitrogen and oxygen atoms in total. The maximum absolute atomic E-state index is 15.6. The van der Waals surface area contributed by atoms with Crippen LogP contribution >= 0.6 is 0 Å². The predicted molar refractivity (Wildman–Crippen MR) is 491 cm³/mol. The molecule has 0 spiro atoms. The average molecular weight is 2080 g/mol. The van der Waals surface area contributed by atoms with Crippen LogP contribution in [-0.2, 0) is 214 Å². The van der Waals surface area contributed by atoms with Crippen LogP contribution in [0, 0.1) is 81.2 Å². The highest BCUT2D eigenvalue weighted by molar-refractivity contribution is 5.87. The van der Waals surface area contributed by atoms with E-state index in [1.165, 1.54) is 83.1 Å². The summed E-state index contributed by atoms with van der Waals surface area (Å²) in [5.74, 6) is -27.1. The quantitative estimate of drug-likeness (QED) is 0.0472. The van der Waals surface area contributed by atoms with Crippen LogP contribution in [0.25, 0.3) is 0 Å². The van der Waals surface area contributed by atoms with Gasteiger partial charge in [-0.25, -0.2) is 0 Å². The summed E-state index contributed by atoms with van der Waals surface area (Å²) in [6.07, 6.45) is 0. The molecule has 0 amide bonds. The third-order valence-electron chi connectivity index (χ3n) is 26.5. The van der Waals surface area contributed by atoms with Crippen molar-refractivity contribution in [3.05, 3.63) is 0 Å². The normalized spacial score (nSPS) is 22.9. The fourth-order valence-corrected chi connectivity index (χ4v) is 13.6. The van der Waals surface area contributed by atoms with Gasteiger partial charge in [-0.05, 0) is 215 Å². The Bertz CT molecular complexity index is 3900. The van der Waals surface area contributed by atoms with E-state index in [-0.39, 0.29) is 106 Å². The first-order valence-corrected chi connectivity index (χ1v) is 47.9. The number of carbonyl (C=O) groups is 15. The van der Waals surface area contributed by atoms with Gasteiger partial charge in [0.1, 0.15) is 174 Å². The minimum absolute atomic E-state index is 0.233. The van der Waals surface area contributed by atoms with Crippen LogP contribution in [-0.4, -0.2) is 339 Å². The van der Waals surface area contributed by atoms with Gasteiger partial charge in [0.15, 0.2) is 46.3 Å². The van der Waals surface area contributed by atoms with Crippen molar-refractivity contribution in [2.24, 2.45) is 81.2 Å². The Labute approximate surface area is 845 Å². The van der Waals surface area contributed by atoms with Gasteiger partial charge < -0.3 is 147 Å².